The van der Waals surface area contributed by atoms with E-state index in [1.807, 2.05) is 63.2 Å². The zero-order valence-electron chi connectivity index (χ0n) is 20.4. The number of benzene rings is 3. The quantitative estimate of drug-likeness (QED) is 0.280. The Bertz CT molecular complexity index is 1490. The first-order valence-corrected chi connectivity index (χ1v) is 12.9. The van der Waals surface area contributed by atoms with Crippen LogP contribution in [0.3, 0.4) is 0 Å². The lowest BCUT2D eigenvalue weighted by molar-refractivity contribution is -0.119. The Kier molecular flexibility index (Phi) is 7.36. The van der Waals surface area contributed by atoms with Gasteiger partial charge in [0.15, 0.2) is 0 Å². The van der Waals surface area contributed by atoms with Gasteiger partial charge in [-0.15, -0.1) is 0 Å². The largest absolute Gasteiger partial charge is 0.318 e. The molecule has 0 radical (unpaired) electrons. The van der Waals surface area contributed by atoms with Gasteiger partial charge in [-0.25, -0.2) is 13.8 Å². The molecule has 1 heterocycles. The van der Waals surface area contributed by atoms with Crippen LogP contribution in [0.25, 0.3) is 5.69 Å². The molecule has 184 valence electrons. The van der Waals surface area contributed by atoms with Crippen LogP contribution in [-0.4, -0.2) is 31.7 Å². The lowest BCUT2D eigenvalue weighted by Crippen LogP contribution is -2.39. The summed E-state index contributed by atoms with van der Waals surface area (Å²) in [5.41, 5.74) is 7.67. The second-order valence-corrected chi connectivity index (χ2v) is 10.3. The SMILES string of the molecule is Cc1cccc(N(CC(=O)N/N=C\c2cc(C)n(-c3ccccc3)c2C)S(=O)(=O)c2ccccc2)c1. The molecular weight excluding hydrogens is 472 g/mol. The molecule has 0 unspecified atom stereocenters. The van der Waals surface area contributed by atoms with Gasteiger partial charge in [0.1, 0.15) is 6.54 Å². The number of para-hydroxylation sites is 1. The molecule has 7 nitrogen and oxygen atoms in total. The molecule has 3 aromatic carbocycles. The summed E-state index contributed by atoms with van der Waals surface area (Å²) < 4.78 is 30.0. The highest BCUT2D eigenvalue weighted by atomic mass is 32.2. The molecule has 0 aliphatic carbocycles. The number of sulfonamides is 1. The van der Waals surface area contributed by atoms with E-state index < -0.39 is 22.5 Å². The molecule has 0 saturated heterocycles. The van der Waals surface area contributed by atoms with E-state index in [1.54, 1.807) is 42.6 Å². The number of rotatable bonds is 8. The number of nitrogens with zero attached hydrogens (tertiary/aromatic N) is 3. The highest BCUT2D eigenvalue weighted by Crippen LogP contribution is 2.24. The second-order valence-electron chi connectivity index (χ2n) is 8.45. The lowest BCUT2D eigenvalue weighted by atomic mass is 10.2. The van der Waals surface area contributed by atoms with Gasteiger partial charge in [0.2, 0.25) is 0 Å². The molecule has 0 bridgehead atoms. The maximum absolute atomic E-state index is 13.4. The van der Waals surface area contributed by atoms with Crippen LogP contribution in [0.2, 0.25) is 0 Å². The highest BCUT2D eigenvalue weighted by molar-refractivity contribution is 7.92. The van der Waals surface area contributed by atoms with Crippen molar-refractivity contribution in [1.82, 2.24) is 9.99 Å². The fourth-order valence-electron chi connectivity index (χ4n) is 4.05. The summed E-state index contributed by atoms with van der Waals surface area (Å²) in [7, 11) is -3.97. The maximum atomic E-state index is 13.4. The highest BCUT2D eigenvalue weighted by Gasteiger charge is 2.27. The summed E-state index contributed by atoms with van der Waals surface area (Å²) in [6.07, 6.45) is 1.57. The molecule has 1 aromatic heterocycles. The Labute approximate surface area is 211 Å². The zero-order chi connectivity index (χ0) is 25.7. The van der Waals surface area contributed by atoms with Crippen LogP contribution in [0, 0.1) is 20.8 Å². The molecule has 0 aliphatic rings. The Morgan fingerprint density at radius 2 is 1.58 bits per heavy atom. The van der Waals surface area contributed by atoms with Gasteiger partial charge in [-0.1, -0.05) is 48.5 Å². The maximum Gasteiger partial charge on any atom is 0.264 e. The molecule has 4 rings (SSSR count). The van der Waals surface area contributed by atoms with E-state index in [9.17, 15) is 13.2 Å². The number of carbonyl (C=O) groups excluding carboxylic acids is 1. The molecule has 0 spiro atoms. The smallest absolute Gasteiger partial charge is 0.264 e. The van der Waals surface area contributed by atoms with E-state index in [2.05, 4.69) is 15.1 Å². The van der Waals surface area contributed by atoms with E-state index in [0.29, 0.717) is 5.69 Å². The summed E-state index contributed by atoms with van der Waals surface area (Å²) >= 11 is 0. The first-order chi connectivity index (χ1) is 17.3. The number of aromatic nitrogens is 1. The van der Waals surface area contributed by atoms with Crippen molar-refractivity contribution in [2.45, 2.75) is 25.7 Å². The van der Waals surface area contributed by atoms with Crippen molar-refractivity contribution in [3.05, 3.63) is 114 Å². The van der Waals surface area contributed by atoms with Gasteiger partial charge < -0.3 is 4.57 Å². The third-order valence-electron chi connectivity index (χ3n) is 5.79. The number of hydrogen-bond donors (Lipinski definition) is 1. The monoisotopic (exact) mass is 500 g/mol. The van der Waals surface area contributed by atoms with E-state index in [1.165, 1.54) is 12.1 Å². The minimum atomic E-state index is -3.97. The van der Waals surface area contributed by atoms with Crippen LogP contribution in [0.1, 0.15) is 22.5 Å². The van der Waals surface area contributed by atoms with E-state index in [-0.39, 0.29) is 4.90 Å². The van der Waals surface area contributed by atoms with Crippen molar-refractivity contribution in [1.29, 1.82) is 0 Å². The fraction of sp³-hybridized carbons (Fsp3) is 0.143. The average molecular weight is 501 g/mol. The summed E-state index contributed by atoms with van der Waals surface area (Å²) in [6, 6.07) is 27.0. The topological polar surface area (TPSA) is 83.8 Å². The molecule has 4 aromatic rings. The minimum absolute atomic E-state index is 0.108. The predicted molar refractivity (Wildman–Crippen MR) is 143 cm³/mol. The van der Waals surface area contributed by atoms with Crippen LogP contribution in [0.15, 0.2) is 101 Å². The van der Waals surface area contributed by atoms with Crippen molar-refractivity contribution in [2.75, 3.05) is 10.8 Å². The predicted octanol–water partition coefficient (Wildman–Crippen LogP) is 4.75. The van der Waals surface area contributed by atoms with Gasteiger partial charge >= 0.3 is 0 Å². The summed E-state index contributed by atoms with van der Waals surface area (Å²) in [5.74, 6) is -0.552. The van der Waals surface area contributed by atoms with E-state index in [4.69, 9.17) is 0 Å². The fourth-order valence-corrected chi connectivity index (χ4v) is 5.48. The van der Waals surface area contributed by atoms with Gasteiger partial charge in [-0.3, -0.25) is 9.10 Å². The molecule has 1 amide bonds. The molecule has 1 N–H and O–H groups in total. The Morgan fingerprint density at radius 3 is 2.25 bits per heavy atom. The number of anilines is 1. The molecule has 8 heteroatoms. The number of carbonyl (C=O) groups is 1. The van der Waals surface area contributed by atoms with Gasteiger partial charge in [-0.05, 0) is 68.8 Å². The van der Waals surface area contributed by atoms with E-state index >= 15 is 0 Å². The van der Waals surface area contributed by atoms with Gasteiger partial charge in [-0.2, -0.15) is 5.10 Å². The average Bonchev–Trinajstić information content (AvgIpc) is 3.16. The lowest BCUT2D eigenvalue weighted by Gasteiger charge is -2.24. The van der Waals surface area contributed by atoms with Crippen molar-refractivity contribution in [2.24, 2.45) is 5.10 Å². The van der Waals surface area contributed by atoms with Crippen molar-refractivity contribution in [3.63, 3.8) is 0 Å². The van der Waals surface area contributed by atoms with Crippen LogP contribution in [-0.2, 0) is 14.8 Å². The third-order valence-corrected chi connectivity index (χ3v) is 7.57. The normalized spacial score (nSPS) is 11.5. The molecule has 0 saturated carbocycles. The molecule has 36 heavy (non-hydrogen) atoms. The van der Waals surface area contributed by atoms with Crippen molar-refractivity contribution >= 4 is 27.8 Å². The Balaban J connectivity index is 1.54. The first-order valence-electron chi connectivity index (χ1n) is 11.5. The summed E-state index contributed by atoms with van der Waals surface area (Å²) in [4.78, 5) is 12.9. The second kappa shape index (κ2) is 10.6. The molecule has 0 fully saturated rings. The van der Waals surface area contributed by atoms with Gasteiger partial charge in [0, 0.05) is 22.6 Å². The van der Waals surface area contributed by atoms with E-state index in [0.717, 1.165) is 32.5 Å². The van der Waals surface area contributed by atoms with Gasteiger partial charge in [0.25, 0.3) is 15.9 Å². The van der Waals surface area contributed by atoms with Gasteiger partial charge in [0.05, 0.1) is 16.8 Å². The Hall–Kier alpha value is -4.17. The number of hydrogen-bond acceptors (Lipinski definition) is 4. The van der Waals surface area contributed by atoms with Crippen LogP contribution >= 0.6 is 0 Å². The van der Waals surface area contributed by atoms with Crippen LogP contribution in [0.5, 0.6) is 0 Å². The van der Waals surface area contributed by atoms with Crippen molar-refractivity contribution < 1.29 is 13.2 Å². The van der Waals surface area contributed by atoms with Crippen LogP contribution < -0.4 is 9.73 Å². The summed E-state index contributed by atoms with van der Waals surface area (Å²) in [6.45, 7) is 5.44. The molecule has 0 atom stereocenters. The summed E-state index contributed by atoms with van der Waals surface area (Å²) in [5, 5.41) is 4.11. The minimum Gasteiger partial charge on any atom is -0.318 e. The number of aryl methyl sites for hydroxylation is 2. The Morgan fingerprint density at radius 1 is 0.917 bits per heavy atom. The van der Waals surface area contributed by atoms with Crippen molar-refractivity contribution in [3.8, 4) is 5.69 Å². The molecule has 0 aliphatic heterocycles. The zero-order valence-corrected chi connectivity index (χ0v) is 21.2. The standard InChI is InChI=1S/C28H28N4O3S/c1-21-11-10-14-26(17-21)31(36(34,35)27-15-8-5-9-16-27)20-28(33)30-29-19-24-18-22(2)32(23(24)3)25-12-6-4-7-13-25/h4-19H,20H2,1-3H3,(H,30,33)/b29-19-. The molecular formula is C28H28N4O3S. The third kappa shape index (κ3) is 5.39. The number of amides is 1. The number of hydrazone groups is 1. The number of nitrogens with one attached hydrogen (secondary N) is 1. The van der Waals surface area contributed by atoms with Crippen LogP contribution in [0.4, 0.5) is 5.69 Å². The first kappa shape index (κ1) is 24.9.